The average molecular weight is 374 g/mol. The lowest BCUT2D eigenvalue weighted by Crippen LogP contribution is -2.04. The van der Waals surface area contributed by atoms with Gasteiger partial charge in [-0.3, -0.25) is 0 Å². The minimum absolute atomic E-state index is 0.543. The van der Waals surface area contributed by atoms with Gasteiger partial charge in [0.1, 0.15) is 0 Å². The summed E-state index contributed by atoms with van der Waals surface area (Å²) in [4.78, 5) is 5.13. The molecular formula is C27H35N. The third kappa shape index (κ3) is 4.29. The highest BCUT2D eigenvalue weighted by Gasteiger charge is 2.17. The number of aromatic nitrogens is 1. The molecule has 0 amide bonds. The smallest absolute Gasteiger partial charge is 0.0712 e. The summed E-state index contributed by atoms with van der Waals surface area (Å²) in [7, 11) is 0. The largest absolute Gasteiger partial charge is 0.248 e. The lowest BCUT2D eigenvalue weighted by Gasteiger charge is -2.21. The standard InChI is InChI=1S/C27H35N/c1-7-10-22-16-19(5)17-24(27(22)20(6)8-2)26-14-13-23-21(15-18(3)4)11-9-12-25(23)28-26/h9,11-14,16-18,20H,7-8,10,15H2,1-6H3/t20-/m0/s1. The molecule has 0 aliphatic carbocycles. The van der Waals surface area contributed by atoms with E-state index in [0.717, 1.165) is 30.5 Å². The molecule has 1 heterocycles. The molecule has 3 rings (SSSR count). The summed E-state index contributed by atoms with van der Waals surface area (Å²) in [5.74, 6) is 1.19. The molecule has 0 bridgehead atoms. The average Bonchev–Trinajstić information content (AvgIpc) is 2.66. The van der Waals surface area contributed by atoms with E-state index in [1.54, 1.807) is 0 Å². The van der Waals surface area contributed by atoms with E-state index in [2.05, 4.69) is 84.0 Å². The molecule has 28 heavy (non-hydrogen) atoms. The summed E-state index contributed by atoms with van der Waals surface area (Å²) in [6.07, 6.45) is 4.57. The summed E-state index contributed by atoms with van der Waals surface area (Å²) < 4.78 is 0. The van der Waals surface area contributed by atoms with Crippen LogP contribution >= 0.6 is 0 Å². The van der Waals surface area contributed by atoms with Crippen LogP contribution in [0.15, 0.2) is 42.5 Å². The Balaban J connectivity index is 2.19. The van der Waals surface area contributed by atoms with Crippen LogP contribution < -0.4 is 0 Å². The van der Waals surface area contributed by atoms with Gasteiger partial charge >= 0.3 is 0 Å². The molecule has 0 fully saturated rings. The molecule has 148 valence electrons. The van der Waals surface area contributed by atoms with Gasteiger partial charge < -0.3 is 0 Å². The quantitative estimate of drug-likeness (QED) is 0.410. The molecule has 0 saturated carbocycles. The Bertz CT molecular complexity index is 952. The van der Waals surface area contributed by atoms with Crippen molar-refractivity contribution in [3.8, 4) is 11.3 Å². The van der Waals surface area contributed by atoms with Crippen molar-refractivity contribution in [2.45, 2.75) is 73.1 Å². The van der Waals surface area contributed by atoms with Crippen molar-refractivity contribution in [3.63, 3.8) is 0 Å². The summed E-state index contributed by atoms with van der Waals surface area (Å²) >= 11 is 0. The van der Waals surface area contributed by atoms with E-state index >= 15 is 0 Å². The lowest BCUT2D eigenvalue weighted by molar-refractivity contribution is 0.650. The molecule has 1 atom stereocenters. The van der Waals surface area contributed by atoms with Crippen molar-refractivity contribution in [1.82, 2.24) is 4.98 Å². The molecule has 0 spiro atoms. The fraction of sp³-hybridized carbons (Fsp3) is 0.444. The van der Waals surface area contributed by atoms with Crippen LogP contribution in [-0.2, 0) is 12.8 Å². The number of pyridine rings is 1. The van der Waals surface area contributed by atoms with Crippen molar-refractivity contribution in [3.05, 3.63) is 64.7 Å². The van der Waals surface area contributed by atoms with Crippen molar-refractivity contribution in [2.24, 2.45) is 5.92 Å². The summed E-state index contributed by atoms with van der Waals surface area (Å²) in [5.41, 5.74) is 9.30. The zero-order valence-corrected chi connectivity index (χ0v) is 18.5. The van der Waals surface area contributed by atoms with Gasteiger partial charge in [0.25, 0.3) is 0 Å². The fourth-order valence-electron chi connectivity index (χ4n) is 4.33. The molecule has 0 aliphatic rings. The van der Waals surface area contributed by atoms with E-state index in [1.807, 2.05) is 0 Å². The molecule has 1 nitrogen and oxygen atoms in total. The van der Waals surface area contributed by atoms with Crippen LogP contribution in [-0.4, -0.2) is 4.98 Å². The number of nitrogens with zero attached hydrogens (tertiary/aromatic N) is 1. The molecule has 0 saturated heterocycles. The fourth-order valence-corrected chi connectivity index (χ4v) is 4.33. The first-order chi connectivity index (χ1) is 13.4. The van der Waals surface area contributed by atoms with Crippen molar-refractivity contribution >= 4 is 10.9 Å². The van der Waals surface area contributed by atoms with Gasteiger partial charge in [-0.15, -0.1) is 0 Å². The first-order valence-electron chi connectivity index (χ1n) is 11.0. The van der Waals surface area contributed by atoms with Crippen LogP contribution in [0.3, 0.4) is 0 Å². The third-order valence-electron chi connectivity index (χ3n) is 5.76. The van der Waals surface area contributed by atoms with E-state index < -0.39 is 0 Å². The molecule has 0 aliphatic heterocycles. The number of hydrogen-bond donors (Lipinski definition) is 0. The molecule has 3 aromatic rings. The van der Waals surface area contributed by atoms with E-state index in [9.17, 15) is 0 Å². The van der Waals surface area contributed by atoms with Crippen LogP contribution in [0.2, 0.25) is 0 Å². The van der Waals surface area contributed by atoms with Crippen LogP contribution in [0, 0.1) is 12.8 Å². The zero-order chi connectivity index (χ0) is 20.3. The normalized spacial score (nSPS) is 12.7. The monoisotopic (exact) mass is 373 g/mol. The highest BCUT2D eigenvalue weighted by Crippen LogP contribution is 2.35. The predicted molar refractivity (Wildman–Crippen MR) is 123 cm³/mol. The van der Waals surface area contributed by atoms with Crippen molar-refractivity contribution < 1.29 is 0 Å². The molecule has 0 radical (unpaired) electrons. The van der Waals surface area contributed by atoms with Crippen molar-refractivity contribution in [1.29, 1.82) is 0 Å². The summed E-state index contributed by atoms with van der Waals surface area (Å²) in [6.45, 7) is 13.7. The lowest BCUT2D eigenvalue weighted by atomic mass is 9.85. The minimum atomic E-state index is 0.543. The summed E-state index contributed by atoms with van der Waals surface area (Å²) in [6, 6.07) is 15.8. The number of aryl methyl sites for hydroxylation is 2. The van der Waals surface area contributed by atoms with Gasteiger partial charge in [0.05, 0.1) is 11.2 Å². The van der Waals surface area contributed by atoms with Gasteiger partial charge in [-0.25, -0.2) is 4.98 Å². The molecule has 2 aromatic carbocycles. The Kier molecular flexibility index (Phi) is 6.54. The van der Waals surface area contributed by atoms with E-state index in [1.165, 1.54) is 39.6 Å². The van der Waals surface area contributed by atoms with Gasteiger partial charge in [0, 0.05) is 10.9 Å². The number of fused-ring (bicyclic) bond motifs is 1. The topological polar surface area (TPSA) is 12.9 Å². The van der Waals surface area contributed by atoms with Crippen LogP contribution in [0.5, 0.6) is 0 Å². The van der Waals surface area contributed by atoms with Gasteiger partial charge in [0.2, 0.25) is 0 Å². The number of hydrogen-bond acceptors (Lipinski definition) is 1. The Labute approximate surface area is 171 Å². The second-order valence-electron chi connectivity index (χ2n) is 8.72. The zero-order valence-electron chi connectivity index (χ0n) is 18.5. The first-order valence-corrected chi connectivity index (χ1v) is 11.0. The first kappa shape index (κ1) is 20.6. The molecule has 0 N–H and O–H groups in total. The maximum Gasteiger partial charge on any atom is 0.0712 e. The highest BCUT2D eigenvalue weighted by atomic mass is 14.7. The van der Waals surface area contributed by atoms with Crippen LogP contribution in [0.4, 0.5) is 0 Å². The molecular weight excluding hydrogens is 338 g/mol. The van der Waals surface area contributed by atoms with Gasteiger partial charge in [-0.2, -0.15) is 0 Å². The predicted octanol–water partition coefficient (Wildman–Crippen LogP) is 7.87. The van der Waals surface area contributed by atoms with Gasteiger partial charge in [-0.05, 0) is 72.9 Å². The van der Waals surface area contributed by atoms with Crippen LogP contribution in [0.25, 0.3) is 22.2 Å². The maximum absolute atomic E-state index is 5.13. The second-order valence-corrected chi connectivity index (χ2v) is 8.72. The minimum Gasteiger partial charge on any atom is -0.248 e. The van der Waals surface area contributed by atoms with Gasteiger partial charge in [-0.1, -0.05) is 70.9 Å². The summed E-state index contributed by atoms with van der Waals surface area (Å²) in [5, 5.41) is 1.30. The molecule has 1 heteroatoms. The highest BCUT2D eigenvalue weighted by molar-refractivity contribution is 5.85. The Morgan fingerprint density at radius 2 is 1.71 bits per heavy atom. The van der Waals surface area contributed by atoms with Crippen molar-refractivity contribution in [2.75, 3.05) is 0 Å². The Morgan fingerprint density at radius 1 is 0.929 bits per heavy atom. The molecule has 1 aromatic heterocycles. The number of benzene rings is 2. The van der Waals surface area contributed by atoms with E-state index in [0.29, 0.717) is 11.8 Å². The van der Waals surface area contributed by atoms with Gasteiger partial charge in [0.15, 0.2) is 0 Å². The number of rotatable bonds is 7. The Hall–Kier alpha value is -2.15. The van der Waals surface area contributed by atoms with E-state index in [4.69, 9.17) is 4.98 Å². The van der Waals surface area contributed by atoms with E-state index in [-0.39, 0.29) is 0 Å². The molecule has 0 unspecified atom stereocenters. The van der Waals surface area contributed by atoms with Crippen LogP contribution in [0.1, 0.15) is 75.6 Å². The third-order valence-corrected chi connectivity index (χ3v) is 5.76. The maximum atomic E-state index is 5.13. The SMILES string of the molecule is CCCc1cc(C)cc(-c2ccc3c(CC(C)C)cccc3n2)c1[C@@H](C)CC. The Morgan fingerprint density at radius 3 is 2.39 bits per heavy atom. The second kappa shape index (κ2) is 8.90.